The number of carbonyl (C=O) groups excluding carboxylic acids is 3. The summed E-state index contributed by atoms with van der Waals surface area (Å²) in [5.74, 6) is -2.37. The summed E-state index contributed by atoms with van der Waals surface area (Å²) in [6.07, 6.45) is 2.82. The fourth-order valence-electron chi connectivity index (χ4n) is 6.12. The summed E-state index contributed by atoms with van der Waals surface area (Å²) in [4.78, 5) is 47.3. The number of hydrogen-bond acceptors (Lipinski definition) is 7. The molecule has 5 rings (SSSR count). The van der Waals surface area contributed by atoms with E-state index in [0.717, 1.165) is 19.1 Å². The molecule has 0 aromatic heterocycles. The third-order valence-electron chi connectivity index (χ3n) is 8.09. The maximum absolute atomic E-state index is 14.1. The van der Waals surface area contributed by atoms with Crippen molar-refractivity contribution < 1.29 is 32.7 Å². The van der Waals surface area contributed by atoms with Crippen LogP contribution in [-0.2, 0) is 37.5 Å². The van der Waals surface area contributed by atoms with Gasteiger partial charge in [-0.1, -0.05) is 84.6 Å². The molecule has 1 heterocycles. The van der Waals surface area contributed by atoms with Gasteiger partial charge in [0.25, 0.3) is 11.8 Å². The molecule has 0 unspecified atom stereocenters. The predicted octanol–water partition coefficient (Wildman–Crippen LogP) is 4.44. The van der Waals surface area contributed by atoms with Gasteiger partial charge in [0.05, 0.1) is 43.4 Å². The van der Waals surface area contributed by atoms with E-state index < -0.39 is 45.9 Å². The Labute approximate surface area is 271 Å². The Balaban J connectivity index is 1.40. The van der Waals surface area contributed by atoms with Crippen LogP contribution in [0.5, 0.6) is 0 Å². The number of carbonyl (C=O) groups is 3. The predicted molar refractivity (Wildman–Crippen MR) is 169 cm³/mol. The maximum atomic E-state index is 14.1. The van der Waals surface area contributed by atoms with E-state index in [1.54, 1.807) is 71.6 Å². The summed E-state index contributed by atoms with van der Waals surface area (Å²) in [5, 5.41) is 11.7. The second-order valence-corrected chi connectivity index (χ2v) is 13.9. The minimum absolute atomic E-state index is 0.00766. The number of sulfonamides is 1. The van der Waals surface area contributed by atoms with E-state index in [9.17, 15) is 27.9 Å². The number of benzene rings is 3. The van der Waals surface area contributed by atoms with Gasteiger partial charge in [-0.2, -0.15) is 0 Å². The van der Waals surface area contributed by atoms with Gasteiger partial charge in [0.1, 0.15) is 0 Å². The lowest BCUT2D eigenvalue weighted by Crippen LogP contribution is -2.55. The lowest BCUT2D eigenvalue weighted by Gasteiger charge is -2.48. The zero-order valence-electron chi connectivity index (χ0n) is 24.4. The Hall–Kier alpha value is -3.48. The third-order valence-corrected chi connectivity index (χ3v) is 9.25. The normalized spacial score (nSPS) is 21.6. The standard InChI is InChI=1S/C32H33Cl2N3O7S/c1-45(42,43)36-28(39)16-19-10-12-20(13-11-19)18-44-35-31(40)29-22-6-2-3-7-23(22)32(41)37(26-8-4-5-9-27(26)38)30(29)24-15-14-21(33)17-25(24)34/h2-3,6-7,10-15,17,26-27,29-30,38H,4-5,8-9,16,18H2,1H3,(H,35,40)(H,36,39)/t26-,27-,29+,30-/m0/s1. The first-order valence-corrected chi connectivity index (χ1v) is 17.1. The monoisotopic (exact) mass is 673 g/mol. The molecule has 1 fully saturated rings. The van der Waals surface area contributed by atoms with Gasteiger partial charge in [-0.05, 0) is 53.3 Å². The molecular weight excluding hydrogens is 641 g/mol. The molecule has 0 saturated heterocycles. The zero-order chi connectivity index (χ0) is 32.3. The van der Waals surface area contributed by atoms with Crippen molar-refractivity contribution in [3.05, 3.63) is 105 Å². The molecule has 4 atom stereocenters. The summed E-state index contributed by atoms with van der Waals surface area (Å²) in [6, 6.07) is 17.2. The first-order valence-electron chi connectivity index (χ1n) is 14.5. The molecule has 1 aliphatic heterocycles. The van der Waals surface area contributed by atoms with Gasteiger partial charge in [0, 0.05) is 15.6 Å². The Bertz CT molecular complexity index is 1700. The molecule has 3 aromatic rings. The van der Waals surface area contributed by atoms with Crippen LogP contribution in [0.3, 0.4) is 0 Å². The Morgan fingerprint density at radius 3 is 2.36 bits per heavy atom. The van der Waals surface area contributed by atoms with Crippen LogP contribution in [0.4, 0.5) is 0 Å². The number of nitrogens with one attached hydrogen (secondary N) is 2. The lowest BCUT2D eigenvalue weighted by atomic mass is 9.77. The number of aliphatic hydroxyl groups excluding tert-OH is 1. The number of rotatable bonds is 9. The average Bonchev–Trinajstić information content (AvgIpc) is 2.98. The minimum Gasteiger partial charge on any atom is -0.391 e. The van der Waals surface area contributed by atoms with Crippen molar-refractivity contribution in [1.29, 1.82) is 0 Å². The third kappa shape index (κ3) is 7.67. The van der Waals surface area contributed by atoms with E-state index in [0.29, 0.717) is 50.7 Å². The number of aliphatic hydroxyl groups is 1. The number of hydrogen-bond donors (Lipinski definition) is 3. The molecule has 13 heteroatoms. The highest BCUT2D eigenvalue weighted by molar-refractivity contribution is 7.89. The maximum Gasteiger partial charge on any atom is 0.255 e. The van der Waals surface area contributed by atoms with E-state index in [1.807, 2.05) is 4.72 Å². The number of nitrogens with zero attached hydrogens (tertiary/aromatic N) is 1. The molecule has 3 N–H and O–H groups in total. The van der Waals surface area contributed by atoms with E-state index in [1.165, 1.54) is 0 Å². The highest BCUT2D eigenvalue weighted by atomic mass is 35.5. The van der Waals surface area contributed by atoms with Crippen molar-refractivity contribution in [1.82, 2.24) is 15.1 Å². The fraction of sp³-hybridized carbons (Fsp3) is 0.344. The SMILES string of the molecule is CS(=O)(=O)NC(=O)Cc1ccc(CONC(=O)[C@@H]2c3ccccc3C(=O)N([C@H]3CCCC[C@@H]3O)[C@H]2c2ccc(Cl)cc2Cl)cc1. The van der Waals surface area contributed by atoms with Crippen LogP contribution in [0.2, 0.25) is 10.0 Å². The van der Waals surface area contributed by atoms with Crippen molar-refractivity contribution in [3.8, 4) is 0 Å². The number of amides is 3. The molecule has 2 aliphatic rings. The van der Waals surface area contributed by atoms with Gasteiger partial charge < -0.3 is 10.0 Å². The second-order valence-electron chi connectivity index (χ2n) is 11.4. The van der Waals surface area contributed by atoms with Gasteiger partial charge in [0.2, 0.25) is 15.9 Å². The molecule has 0 bridgehead atoms. The Morgan fingerprint density at radius 2 is 1.67 bits per heavy atom. The quantitative estimate of drug-likeness (QED) is 0.285. The average molecular weight is 675 g/mol. The van der Waals surface area contributed by atoms with Crippen LogP contribution in [0.25, 0.3) is 0 Å². The molecule has 3 aromatic carbocycles. The van der Waals surface area contributed by atoms with Crippen LogP contribution in [-0.4, -0.2) is 54.5 Å². The molecule has 1 aliphatic carbocycles. The smallest absolute Gasteiger partial charge is 0.255 e. The van der Waals surface area contributed by atoms with Crippen molar-refractivity contribution in [2.45, 2.75) is 62.8 Å². The van der Waals surface area contributed by atoms with E-state index >= 15 is 0 Å². The summed E-state index contributed by atoms with van der Waals surface area (Å²) in [5.41, 5.74) is 5.24. The Kier molecular flexibility index (Phi) is 10.1. The van der Waals surface area contributed by atoms with E-state index in [4.69, 9.17) is 28.0 Å². The number of fused-ring (bicyclic) bond motifs is 1. The second kappa shape index (κ2) is 13.9. The number of halogens is 2. The van der Waals surface area contributed by atoms with Gasteiger partial charge in [0.15, 0.2) is 0 Å². The molecule has 3 amide bonds. The first kappa shape index (κ1) is 32.9. The molecule has 1 saturated carbocycles. The van der Waals surface area contributed by atoms with Crippen molar-refractivity contribution in [2.75, 3.05) is 6.26 Å². The molecule has 238 valence electrons. The molecule has 0 spiro atoms. The fourth-order valence-corrected chi connectivity index (χ4v) is 7.13. The summed E-state index contributed by atoms with van der Waals surface area (Å²) < 4.78 is 24.5. The van der Waals surface area contributed by atoms with Gasteiger partial charge in [-0.25, -0.2) is 13.9 Å². The van der Waals surface area contributed by atoms with Gasteiger partial charge >= 0.3 is 0 Å². The van der Waals surface area contributed by atoms with Crippen LogP contribution >= 0.6 is 23.2 Å². The van der Waals surface area contributed by atoms with Crippen LogP contribution in [0.15, 0.2) is 66.7 Å². The highest BCUT2D eigenvalue weighted by Crippen LogP contribution is 2.47. The van der Waals surface area contributed by atoms with Gasteiger partial charge in [-0.15, -0.1) is 0 Å². The number of hydroxylamine groups is 1. The van der Waals surface area contributed by atoms with Crippen LogP contribution in [0.1, 0.15) is 70.3 Å². The van der Waals surface area contributed by atoms with Crippen LogP contribution < -0.4 is 10.2 Å². The molecule has 0 radical (unpaired) electrons. The van der Waals surface area contributed by atoms with E-state index in [-0.39, 0.29) is 18.9 Å². The highest BCUT2D eigenvalue weighted by Gasteiger charge is 2.49. The first-order chi connectivity index (χ1) is 21.4. The topological polar surface area (TPSA) is 142 Å². The van der Waals surface area contributed by atoms with Gasteiger partial charge in [-0.3, -0.25) is 23.9 Å². The molecule has 10 nitrogen and oxygen atoms in total. The largest absolute Gasteiger partial charge is 0.391 e. The Morgan fingerprint density at radius 1 is 0.978 bits per heavy atom. The van der Waals surface area contributed by atoms with Crippen LogP contribution in [0, 0.1) is 0 Å². The molecule has 45 heavy (non-hydrogen) atoms. The van der Waals surface area contributed by atoms with E-state index in [2.05, 4.69) is 5.48 Å². The summed E-state index contributed by atoms with van der Waals surface area (Å²) >= 11 is 12.9. The molecular formula is C32H33Cl2N3O7S. The van der Waals surface area contributed by atoms with Crippen molar-refractivity contribution >= 4 is 50.9 Å². The minimum atomic E-state index is -3.65. The summed E-state index contributed by atoms with van der Waals surface area (Å²) in [7, 11) is -3.65. The zero-order valence-corrected chi connectivity index (χ0v) is 26.7. The van der Waals surface area contributed by atoms with Crippen molar-refractivity contribution in [2.24, 2.45) is 0 Å². The lowest BCUT2D eigenvalue weighted by molar-refractivity contribution is -0.138. The summed E-state index contributed by atoms with van der Waals surface area (Å²) in [6.45, 7) is -0.00766. The van der Waals surface area contributed by atoms with Crippen molar-refractivity contribution in [3.63, 3.8) is 0 Å².